The zero-order chi connectivity index (χ0) is 13.7. The SMILES string of the molecule is CSc1ccc(C(C)NC(=O)C2CCNCC2)cc1. The van der Waals surface area contributed by atoms with Gasteiger partial charge in [-0.1, -0.05) is 12.1 Å². The van der Waals surface area contributed by atoms with E-state index in [0.717, 1.165) is 25.9 Å². The summed E-state index contributed by atoms with van der Waals surface area (Å²) < 4.78 is 0. The van der Waals surface area contributed by atoms with Crippen LogP contribution in [0.4, 0.5) is 0 Å². The number of carbonyl (C=O) groups excluding carboxylic acids is 1. The van der Waals surface area contributed by atoms with Crippen molar-refractivity contribution in [2.75, 3.05) is 19.3 Å². The van der Waals surface area contributed by atoms with Crippen LogP contribution >= 0.6 is 11.8 Å². The van der Waals surface area contributed by atoms with Gasteiger partial charge in [-0.25, -0.2) is 0 Å². The Labute approximate surface area is 119 Å². The maximum Gasteiger partial charge on any atom is 0.223 e. The Hall–Kier alpha value is -1.00. The molecule has 1 aliphatic heterocycles. The molecule has 1 atom stereocenters. The molecule has 1 saturated heterocycles. The first kappa shape index (κ1) is 14.4. The van der Waals surface area contributed by atoms with Crippen LogP contribution in [-0.2, 0) is 4.79 Å². The maximum atomic E-state index is 12.2. The predicted molar refractivity (Wildman–Crippen MR) is 80.4 cm³/mol. The lowest BCUT2D eigenvalue weighted by Crippen LogP contribution is -2.39. The second-order valence-electron chi connectivity index (χ2n) is 5.03. The lowest BCUT2D eigenvalue weighted by Gasteiger charge is -2.24. The Bertz CT molecular complexity index is 413. The first-order valence-electron chi connectivity index (χ1n) is 6.85. The summed E-state index contributed by atoms with van der Waals surface area (Å²) in [5.41, 5.74) is 1.17. The molecule has 19 heavy (non-hydrogen) atoms. The molecule has 1 aromatic rings. The molecule has 2 N–H and O–H groups in total. The normalized spacial score (nSPS) is 18.0. The quantitative estimate of drug-likeness (QED) is 0.832. The summed E-state index contributed by atoms with van der Waals surface area (Å²) in [6.45, 7) is 3.96. The molecule has 1 amide bonds. The number of rotatable bonds is 4. The van der Waals surface area contributed by atoms with E-state index in [0.29, 0.717) is 0 Å². The smallest absolute Gasteiger partial charge is 0.223 e. The highest BCUT2D eigenvalue weighted by molar-refractivity contribution is 7.98. The molecule has 0 bridgehead atoms. The topological polar surface area (TPSA) is 41.1 Å². The van der Waals surface area contributed by atoms with Gasteiger partial charge in [0.2, 0.25) is 5.91 Å². The minimum absolute atomic E-state index is 0.0818. The van der Waals surface area contributed by atoms with Gasteiger partial charge in [0.25, 0.3) is 0 Å². The molecule has 1 unspecified atom stereocenters. The van der Waals surface area contributed by atoms with Crippen molar-refractivity contribution in [2.24, 2.45) is 5.92 Å². The van der Waals surface area contributed by atoms with Crippen molar-refractivity contribution in [3.05, 3.63) is 29.8 Å². The van der Waals surface area contributed by atoms with Crippen molar-refractivity contribution in [3.63, 3.8) is 0 Å². The van der Waals surface area contributed by atoms with E-state index >= 15 is 0 Å². The summed E-state index contributed by atoms with van der Waals surface area (Å²) in [6.07, 6.45) is 3.96. The molecule has 0 spiro atoms. The van der Waals surface area contributed by atoms with Gasteiger partial charge in [-0.05, 0) is 56.8 Å². The summed E-state index contributed by atoms with van der Waals surface area (Å²) in [4.78, 5) is 13.4. The highest BCUT2D eigenvalue weighted by Crippen LogP contribution is 2.20. The third kappa shape index (κ3) is 3.98. The van der Waals surface area contributed by atoms with E-state index in [1.54, 1.807) is 11.8 Å². The van der Waals surface area contributed by atoms with Gasteiger partial charge in [0.05, 0.1) is 6.04 Å². The predicted octanol–water partition coefficient (Wildman–Crippen LogP) is 2.59. The van der Waals surface area contributed by atoms with Crippen LogP contribution < -0.4 is 10.6 Å². The van der Waals surface area contributed by atoms with E-state index < -0.39 is 0 Å². The van der Waals surface area contributed by atoms with Crippen molar-refractivity contribution < 1.29 is 4.79 Å². The number of hydrogen-bond acceptors (Lipinski definition) is 3. The Morgan fingerprint density at radius 2 is 1.95 bits per heavy atom. The molecule has 4 heteroatoms. The molecule has 0 radical (unpaired) electrons. The zero-order valence-corrected chi connectivity index (χ0v) is 12.4. The molecular formula is C15H22N2OS. The van der Waals surface area contributed by atoms with Gasteiger partial charge < -0.3 is 10.6 Å². The van der Waals surface area contributed by atoms with Crippen molar-refractivity contribution in [3.8, 4) is 0 Å². The fourth-order valence-corrected chi connectivity index (χ4v) is 2.80. The van der Waals surface area contributed by atoms with Crippen molar-refractivity contribution in [1.82, 2.24) is 10.6 Å². The first-order valence-corrected chi connectivity index (χ1v) is 8.08. The van der Waals surface area contributed by atoms with Crippen LogP contribution in [0.2, 0.25) is 0 Å². The summed E-state index contributed by atoms with van der Waals surface area (Å²) >= 11 is 1.73. The fourth-order valence-electron chi connectivity index (χ4n) is 2.39. The number of piperidine rings is 1. The number of benzene rings is 1. The molecule has 1 heterocycles. The van der Waals surface area contributed by atoms with Crippen LogP contribution in [0.5, 0.6) is 0 Å². The molecular weight excluding hydrogens is 256 g/mol. The number of amides is 1. The number of hydrogen-bond donors (Lipinski definition) is 2. The largest absolute Gasteiger partial charge is 0.349 e. The minimum atomic E-state index is 0.0818. The van der Waals surface area contributed by atoms with Gasteiger partial charge in [0.1, 0.15) is 0 Å². The summed E-state index contributed by atoms with van der Waals surface area (Å²) in [5, 5.41) is 6.41. The van der Waals surface area contributed by atoms with Gasteiger partial charge in [-0.15, -0.1) is 11.8 Å². The van der Waals surface area contributed by atoms with E-state index in [9.17, 15) is 4.79 Å². The van der Waals surface area contributed by atoms with E-state index in [1.807, 2.05) is 6.92 Å². The number of nitrogens with one attached hydrogen (secondary N) is 2. The molecule has 0 aromatic heterocycles. The zero-order valence-electron chi connectivity index (χ0n) is 11.6. The monoisotopic (exact) mass is 278 g/mol. The molecule has 1 fully saturated rings. The molecule has 1 aliphatic rings. The minimum Gasteiger partial charge on any atom is -0.349 e. The van der Waals surface area contributed by atoms with Gasteiger partial charge in [-0.3, -0.25) is 4.79 Å². The van der Waals surface area contributed by atoms with Crippen molar-refractivity contribution in [2.45, 2.75) is 30.7 Å². The highest BCUT2D eigenvalue weighted by Gasteiger charge is 2.22. The lowest BCUT2D eigenvalue weighted by molar-refractivity contribution is -0.126. The Morgan fingerprint density at radius 3 is 2.53 bits per heavy atom. The lowest BCUT2D eigenvalue weighted by atomic mass is 9.96. The van der Waals surface area contributed by atoms with Crippen LogP contribution in [0.15, 0.2) is 29.2 Å². The Balaban J connectivity index is 1.91. The summed E-state index contributed by atoms with van der Waals surface area (Å²) in [7, 11) is 0. The third-order valence-electron chi connectivity index (χ3n) is 3.68. The second-order valence-corrected chi connectivity index (χ2v) is 5.91. The van der Waals surface area contributed by atoms with E-state index in [-0.39, 0.29) is 17.9 Å². The van der Waals surface area contributed by atoms with Crippen molar-refractivity contribution in [1.29, 1.82) is 0 Å². The standard InChI is InChI=1S/C15H22N2OS/c1-11(12-3-5-14(19-2)6-4-12)17-15(18)13-7-9-16-10-8-13/h3-6,11,13,16H,7-10H2,1-2H3,(H,17,18). The molecule has 3 nitrogen and oxygen atoms in total. The summed E-state index contributed by atoms with van der Waals surface area (Å²) in [5.74, 6) is 0.372. The van der Waals surface area contributed by atoms with Crippen LogP contribution in [-0.4, -0.2) is 25.3 Å². The third-order valence-corrected chi connectivity index (χ3v) is 4.43. The van der Waals surface area contributed by atoms with Crippen LogP contribution in [0.3, 0.4) is 0 Å². The first-order chi connectivity index (χ1) is 9.20. The van der Waals surface area contributed by atoms with Gasteiger partial charge >= 0.3 is 0 Å². The highest BCUT2D eigenvalue weighted by atomic mass is 32.2. The average molecular weight is 278 g/mol. The Kier molecular flexibility index (Phi) is 5.28. The second kappa shape index (κ2) is 6.96. The van der Waals surface area contributed by atoms with E-state index in [4.69, 9.17) is 0 Å². The number of carbonyl (C=O) groups is 1. The fraction of sp³-hybridized carbons (Fsp3) is 0.533. The van der Waals surface area contributed by atoms with Gasteiger partial charge in [0, 0.05) is 10.8 Å². The summed E-state index contributed by atoms with van der Waals surface area (Å²) in [6, 6.07) is 8.48. The van der Waals surface area contributed by atoms with Gasteiger partial charge in [0.15, 0.2) is 0 Å². The van der Waals surface area contributed by atoms with Crippen LogP contribution in [0.1, 0.15) is 31.4 Å². The van der Waals surface area contributed by atoms with E-state index in [1.165, 1.54) is 10.5 Å². The molecule has 1 aromatic carbocycles. The molecule has 104 valence electrons. The van der Waals surface area contributed by atoms with Crippen LogP contribution in [0, 0.1) is 5.92 Å². The van der Waals surface area contributed by atoms with Crippen molar-refractivity contribution >= 4 is 17.7 Å². The average Bonchev–Trinajstić information content (AvgIpc) is 2.48. The van der Waals surface area contributed by atoms with E-state index in [2.05, 4.69) is 41.2 Å². The molecule has 2 rings (SSSR count). The molecule has 0 aliphatic carbocycles. The Morgan fingerprint density at radius 1 is 1.32 bits per heavy atom. The van der Waals surface area contributed by atoms with Gasteiger partial charge in [-0.2, -0.15) is 0 Å². The van der Waals surface area contributed by atoms with Crippen LogP contribution in [0.25, 0.3) is 0 Å². The number of thioether (sulfide) groups is 1. The molecule has 0 saturated carbocycles. The maximum absolute atomic E-state index is 12.2.